The molecule has 0 aliphatic carbocycles. The Morgan fingerprint density at radius 2 is 2.05 bits per heavy atom. The Hall–Kier alpha value is -3.75. The average Bonchev–Trinajstić information content (AvgIpc) is 3.50. The van der Waals surface area contributed by atoms with Crippen molar-refractivity contribution in [3.8, 4) is 5.75 Å². The Morgan fingerprint density at radius 3 is 2.65 bits per heavy atom. The molecule has 0 saturated carbocycles. The Labute approximate surface area is 233 Å². The summed E-state index contributed by atoms with van der Waals surface area (Å²) in [7, 11) is 0.845. The molecule has 2 N–H and O–H groups in total. The van der Waals surface area contributed by atoms with Crippen molar-refractivity contribution in [2.24, 2.45) is 20.0 Å². The molecule has 4 rings (SSSR count). The monoisotopic (exact) mass is 573 g/mol. The van der Waals surface area contributed by atoms with Gasteiger partial charge >= 0.3 is 0 Å². The van der Waals surface area contributed by atoms with Crippen LogP contribution in [0.4, 0.5) is 5.69 Å². The number of carbonyl (C=O) groups is 2. The molecule has 2 aromatic heterocycles. The standard InChI is InChI=1S/C26H35N7O6S/c1-16-11-33(18(3)14-34)26(36)19-8-7-9-20(28-25(35)21-10-17(2)29-32(21)6)24(19)39-22(16)12-31(5)40(37,38)23-13-30(4)15-27-23/h7-10,13,15-16,18,22,34H,11-12,14H2,1-6H3,(H,28,35)/t16-,18+,22-/m0/s1. The van der Waals surface area contributed by atoms with Crippen LogP contribution in [-0.4, -0.2) is 92.8 Å². The quantitative estimate of drug-likeness (QED) is 0.409. The summed E-state index contributed by atoms with van der Waals surface area (Å²) in [5.74, 6) is -1.05. The van der Waals surface area contributed by atoms with Gasteiger partial charge in [0.15, 0.2) is 10.8 Å². The minimum atomic E-state index is -3.93. The molecule has 3 atom stereocenters. The SMILES string of the molecule is Cc1cc(C(=O)Nc2cccc3c2O[C@@H](CN(C)S(=O)(=O)c2cn(C)cn2)[C@@H](C)CN([C@H](C)CO)C3=O)n(C)n1. The average molecular weight is 574 g/mol. The molecule has 2 amide bonds. The van der Waals surface area contributed by atoms with Crippen LogP contribution >= 0.6 is 0 Å². The molecule has 0 radical (unpaired) electrons. The van der Waals surface area contributed by atoms with Crippen molar-refractivity contribution in [2.75, 3.05) is 32.1 Å². The number of hydrogen-bond donors (Lipinski definition) is 2. The highest BCUT2D eigenvalue weighted by molar-refractivity contribution is 7.89. The Kier molecular flexibility index (Phi) is 8.33. The molecule has 0 spiro atoms. The highest BCUT2D eigenvalue weighted by atomic mass is 32.2. The number of imidazole rings is 1. The van der Waals surface area contributed by atoms with E-state index >= 15 is 0 Å². The van der Waals surface area contributed by atoms with E-state index in [0.717, 1.165) is 0 Å². The number of sulfonamides is 1. The van der Waals surface area contributed by atoms with Crippen LogP contribution in [0.15, 0.2) is 41.8 Å². The molecule has 13 nitrogen and oxygen atoms in total. The molecule has 0 saturated heterocycles. The number of para-hydroxylation sites is 1. The normalized spacial score (nSPS) is 18.6. The summed E-state index contributed by atoms with van der Waals surface area (Å²) < 4.78 is 37.0. The third-order valence-electron chi connectivity index (χ3n) is 6.97. The van der Waals surface area contributed by atoms with Crippen molar-refractivity contribution in [3.63, 3.8) is 0 Å². The summed E-state index contributed by atoms with van der Waals surface area (Å²) in [6.45, 7) is 5.25. The van der Waals surface area contributed by atoms with Crippen molar-refractivity contribution in [2.45, 2.75) is 37.9 Å². The van der Waals surface area contributed by atoms with Gasteiger partial charge in [0, 0.05) is 39.8 Å². The molecule has 216 valence electrons. The molecule has 3 aromatic rings. The maximum absolute atomic E-state index is 13.7. The minimum absolute atomic E-state index is 0.0573. The van der Waals surface area contributed by atoms with Gasteiger partial charge in [0.05, 0.1) is 42.5 Å². The zero-order valence-corrected chi connectivity index (χ0v) is 24.2. The molecule has 0 unspecified atom stereocenters. The van der Waals surface area contributed by atoms with Gasteiger partial charge in [0.1, 0.15) is 11.8 Å². The van der Waals surface area contributed by atoms with Crippen LogP contribution in [0.25, 0.3) is 0 Å². The number of aryl methyl sites for hydroxylation is 3. The zero-order chi connectivity index (χ0) is 29.4. The lowest BCUT2D eigenvalue weighted by Crippen LogP contribution is -2.50. The van der Waals surface area contributed by atoms with Gasteiger partial charge in [0.25, 0.3) is 21.8 Å². The fourth-order valence-corrected chi connectivity index (χ4v) is 5.74. The fourth-order valence-electron chi connectivity index (χ4n) is 4.60. The van der Waals surface area contributed by atoms with Gasteiger partial charge in [-0.3, -0.25) is 14.3 Å². The predicted octanol–water partition coefficient (Wildman–Crippen LogP) is 1.26. The van der Waals surface area contributed by atoms with E-state index in [4.69, 9.17) is 4.74 Å². The first kappa shape index (κ1) is 29.2. The molecular weight excluding hydrogens is 538 g/mol. The Balaban J connectivity index is 1.74. The molecule has 1 aliphatic heterocycles. The number of fused-ring (bicyclic) bond motifs is 1. The molecule has 3 heterocycles. The van der Waals surface area contributed by atoms with Crippen molar-refractivity contribution < 1.29 is 27.9 Å². The van der Waals surface area contributed by atoms with Crippen LogP contribution in [0.1, 0.15) is 40.4 Å². The summed E-state index contributed by atoms with van der Waals surface area (Å²) in [6.07, 6.45) is 2.10. The smallest absolute Gasteiger partial charge is 0.274 e. The number of aliphatic hydroxyl groups is 1. The van der Waals surface area contributed by atoms with Gasteiger partial charge in [-0.2, -0.15) is 9.40 Å². The van der Waals surface area contributed by atoms with Crippen molar-refractivity contribution in [1.29, 1.82) is 0 Å². The van der Waals surface area contributed by atoms with Crippen LogP contribution in [0.5, 0.6) is 5.75 Å². The number of ether oxygens (including phenoxy) is 1. The summed E-state index contributed by atoms with van der Waals surface area (Å²) in [5.41, 5.74) is 1.42. The van der Waals surface area contributed by atoms with Gasteiger partial charge in [-0.1, -0.05) is 13.0 Å². The number of amides is 2. The molecule has 0 fully saturated rings. The second kappa shape index (κ2) is 11.4. The van der Waals surface area contributed by atoms with Crippen molar-refractivity contribution in [3.05, 3.63) is 53.7 Å². The zero-order valence-electron chi connectivity index (χ0n) is 23.4. The first-order valence-electron chi connectivity index (χ1n) is 12.8. The highest BCUT2D eigenvalue weighted by Gasteiger charge is 2.36. The Morgan fingerprint density at radius 1 is 1.32 bits per heavy atom. The first-order chi connectivity index (χ1) is 18.8. The molecule has 1 aliphatic rings. The van der Waals surface area contributed by atoms with Gasteiger partial charge in [0.2, 0.25) is 0 Å². The van der Waals surface area contributed by atoms with Crippen LogP contribution in [0, 0.1) is 12.8 Å². The number of nitrogens with zero attached hydrogens (tertiary/aromatic N) is 6. The predicted molar refractivity (Wildman–Crippen MR) is 147 cm³/mol. The molecule has 1 aromatic carbocycles. The van der Waals surface area contributed by atoms with Crippen molar-refractivity contribution in [1.82, 2.24) is 28.5 Å². The fraction of sp³-hybridized carbons (Fsp3) is 0.462. The molecule has 0 bridgehead atoms. The van der Waals surface area contributed by atoms with Gasteiger partial charge in [-0.25, -0.2) is 13.4 Å². The maximum Gasteiger partial charge on any atom is 0.274 e. The number of carbonyl (C=O) groups excluding carboxylic acids is 2. The minimum Gasteiger partial charge on any atom is -0.486 e. The van der Waals surface area contributed by atoms with Crippen LogP contribution in [0.3, 0.4) is 0 Å². The van der Waals surface area contributed by atoms with E-state index in [1.807, 2.05) is 6.92 Å². The lowest BCUT2D eigenvalue weighted by molar-refractivity contribution is 0.0388. The summed E-state index contributed by atoms with van der Waals surface area (Å²) in [5, 5.41) is 16.8. The van der Waals surface area contributed by atoms with Gasteiger partial charge in [-0.05, 0) is 32.0 Å². The van der Waals surface area contributed by atoms with E-state index in [0.29, 0.717) is 11.4 Å². The van der Waals surface area contributed by atoms with E-state index in [2.05, 4.69) is 15.4 Å². The van der Waals surface area contributed by atoms with E-state index in [9.17, 15) is 23.1 Å². The number of nitrogens with one attached hydrogen (secondary N) is 1. The highest BCUT2D eigenvalue weighted by Crippen LogP contribution is 2.35. The van der Waals surface area contributed by atoms with E-state index in [-0.39, 0.29) is 53.5 Å². The number of likely N-dealkylation sites (N-methyl/N-ethyl adjacent to an activating group) is 1. The third-order valence-corrected chi connectivity index (χ3v) is 8.68. The number of aromatic nitrogens is 4. The van der Waals surface area contributed by atoms with Crippen LogP contribution < -0.4 is 10.1 Å². The van der Waals surface area contributed by atoms with E-state index < -0.39 is 28.1 Å². The Bertz CT molecular complexity index is 1520. The number of anilines is 1. The number of aliphatic hydroxyl groups excluding tert-OH is 1. The third kappa shape index (κ3) is 5.74. The summed E-state index contributed by atoms with van der Waals surface area (Å²) in [4.78, 5) is 32.3. The molecule has 40 heavy (non-hydrogen) atoms. The summed E-state index contributed by atoms with van der Waals surface area (Å²) in [6, 6.07) is 5.96. The largest absolute Gasteiger partial charge is 0.486 e. The topological polar surface area (TPSA) is 152 Å². The summed E-state index contributed by atoms with van der Waals surface area (Å²) >= 11 is 0. The second-order valence-electron chi connectivity index (χ2n) is 10.2. The van der Waals surface area contributed by atoms with Crippen molar-refractivity contribution >= 4 is 27.5 Å². The van der Waals surface area contributed by atoms with E-state index in [1.165, 1.54) is 28.6 Å². The maximum atomic E-state index is 13.7. The number of benzene rings is 1. The number of hydrogen-bond acceptors (Lipinski definition) is 8. The second-order valence-corrected chi connectivity index (χ2v) is 12.2. The van der Waals surface area contributed by atoms with Gasteiger partial charge < -0.3 is 24.6 Å². The first-order valence-corrected chi connectivity index (χ1v) is 14.2. The van der Waals surface area contributed by atoms with Crippen LogP contribution in [0.2, 0.25) is 0 Å². The lowest BCUT2D eigenvalue weighted by Gasteiger charge is -2.38. The number of rotatable bonds is 8. The van der Waals surface area contributed by atoms with Gasteiger partial charge in [-0.15, -0.1) is 0 Å². The molecular formula is C26H35N7O6S. The molecule has 14 heteroatoms. The lowest BCUT2D eigenvalue weighted by atomic mass is 9.99. The van der Waals surface area contributed by atoms with E-state index in [1.54, 1.807) is 61.7 Å². The van der Waals surface area contributed by atoms with Crippen LogP contribution in [-0.2, 0) is 24.1 Å².